The van der Waals surface area contributed by atoms with Gasteiger partial charge in [0.15, 0.2) is 5.76 Å². The zero-order chi connectivity index (χ0) is 17.1. The van der Waals surface area contributed by atoms with Crippen molar-refractivity contribution in [2.75, 3.05) is 5.32 Å². The summed E-state index contributed by atoms with van der Waals surface area (Å²) in [7, 11) is 0. The van der Waals surface area contributed by atoms with Gasteiger partial charge in [0.25, 0.3) is 0 Å². The van der Waals surface area contributed by atoms with Crippen LogP contribution in [0.2, 0.25) is 0 Å². The molecule has 0 saturated carbocycles. The highest BCUT2D eigenvalue weighted by Gasteiger charge is 2.13. The van der Waals surface area contributed by atoms with Crippen LogP contribution in [0, 0.1) is 6.92 Å². The summed E-state index contributed by atoms with van der Waals surface area (Å²) in [4.78, 5) is 12.3. The summed E-state index contributed by atoms with van der Waals surface area (Å²) in [5.41, 5.74) is 0.709. The number of hydrogen-bond donors (Lipinski definition) is 1. The molecule has 0 aliphatic heterocycles. The molecule has 3 heterocycles. The van der Waals surface area contributed by atoms with E-state index in [0.717, 1.165) is 12.2 Å². The van der Waals surface area contributed by atoms with Crippen LogP contribution in [0.25, 0.3) is 11.5 Å². The molecule has 0 spiro atoms. The fourth-order valence-electron chi connectivity index (χ4n) is 2.42. The van der Waals surface area contributed by atoms with Crippen LogP contribution in [0.15, 0.2) is 41.1 Å². The fourth-order valence-corrected chi connectivity index (χ4v) is 2.42. The highest BCUT2D eigenvalue weighted by atomic mass is 16.3. The number of anilines is 1. The largest absolute Gasteiger partial charge is 0.460 e. The van der Waals surface area contributed by atoms with E-state index < -0.39 is 0 Å². The molecule has 126 valence electrons. The highest BCUT2D eigenvalue weighted by molar-refractivity contribution is 5.89. The zero-order valence-corrected chi connectivity index (χ0v) is 14.1. The van der Waals surface area contributed by atoms with Crippen LogP contribution in [0.5, 0.6) is 0 Å². The van der Waals surface area contributed by atoms with Gasteiger partial charge in [-0.25, -0.2) is 4.68 Å². The van der Waals surface area contributed by atoms with E-state index in [4.69, 9.17) is 4.42 Å². The quantitative estimate of drug-likeness (QED) is 0.754. The molecule has 7 heteroatoms. The van der Waals surface area contributed by atoms with E-state index in [9.17, 15) is 4.79 Å². The number of aromatic nitrogens is 4. The molecule has 1 unspecified atom stereocenters. The molecule has 0 aromatic carbocycles. The molecule has 3 aromatic rings. The topological polar surface area (TPSA) is 77.9 Å². The first-order valence-corrected chi connectivity index (χ1v) is 8.00. The maximum absolute atomic E-state index is 12.3. The second-order valence-electron chi connectivity index (χ2n) is 5.78. The lowest BCUT2D eigenvalue weighted by atomic mass is 10.3. The number of nitrogens with one attached hydrogen (secondary N) is 1. The minimum Gasteiger partial charge on any atom is -0.460 e. The van der Waals surface area contributed by atoms with E-state index in [0.29, 0.717) is 17.3 Å². The van der Waals surface area contributed by atoms with Gasteiger partial charge in [-0.3, -0.25) is 9.48 Å². The SMILES string of the molecule is CCC(C)n1nccc1NC(=O)Cn1ccc(-c2ccc(C)o2)n1. The number of carbonyl (C=O) groups excluding carboxylic acids is 1. The monoisotopic (exact) mass is 327 g/mol. The van der Waals surface area contributed by atoms with Gasteiger partial charge >= 0.3 is 0 Å². The van der Waals surface area contributed by atoms with E-state index >= 15 is 0 Å². The lowest BCUT2D eigenvalue weighted by Gasteiger charge is -2.14. The molecule has 0 bridgehead atoms. The van der Waals surface area contributed by atoms with Crippen molar-refractivity contribution in [1.82, 2.24) is 19.6 Å². The van der Waals surface area contributed by atoms with Crippen molar-refractivity contribution in [3.63, 3.8) is 0 Å². The van der Waals surface area contributed by atoms with Crippen molar-refractivity contribution >= 4 is 11.7 Å². The minimum absolute atomic E-state index is 0.130. The van der Waals surface area contributed by atoms with E-state index in [-0.39, 0.29) is 18.5 Å². The predicted molar refractivity (Wildman–Crippen MR) is 90.5 cm³/mol. The highest BCUT2D eigenvalue weighted by Crippen LogP contribution is 2.20. The average molecular weight is 327 g/mol. The summed E-state index contributed by atoms with van der Waals surface area (Å²) in [6.07, 6.45) is 4.39. The number of hydrogen-bond acceptors (Lipinski definition) is 4. The lowest BCUT2D eigenvalue weighted by molar-refractivity contribution is -0.116. The van der Waals surface area contributed by atoms with Crippen molar-refractivity contribution in [2.24, 2.45) is 0 Å². The van der Waals surface area contributed by atoms with Crippen LogP contribution in [0.3, 0.4) is 0 Å². The molecule has 0 aliphatic rings. The van der Waals surface area contributed by atoms with Crippen molar-refractivity contribution in [1.29, 1.82) is 0 Å². The molecule has 3 rings (SSSR count). The zero-order valence-electron chi connectivity index (χ0n) is 14.1. The molecule has 24 heavy (non-hydrogen) atoms. The van der Waals surface area contributed by atoms with E-state index in [1.807, 2.05) is 29.8 Å². The summed E-state index contributed by atoms with van der Waals surface area (Å²) < 4.78 is 8.95. The van der Waals surface area contributed by atoms with Crippen molar-refractivity contribution in [3.8, 4) is 11.5 Å². The van der Waals surface area contributed by atoms with Crippen LogP contribution >= 0.6 is 0 Å². The van der Waals surface area contributed by atoms with Crippen molar-refractivity contribution in [2.45, 2.75) is 39.8 Å². The third-order valence-corrected chi connectivity index (χ3v) is 3.89. The van der Waals surface area contributed by atoms with Gasteiger partial charge in [-0.1, -0.05) is 6.92 Å². The number of rotatable bonds is 6. The number of nitrogens with zero attached hydrogens (tertiary/aromatic N) is 4. The van der Waals surface area contributed by atoms with Crippen LogP contribution in [0.1, 0.15) is 32.1 Å². The molecule has 3 aromatic heterocycles. The van der Waals surface area contributed by atoms with E-state index in [2.05, 4.69) is 29.4 Å². The van der Waals surface area contributed by atoms with Gasteiger partial charge in [0, 0.05) is 12.3 Å². The first-order valence-electron chi connectivity index (χ1n) is 8.00. The molecule has 0 aliphatic carbocycles. The summed E-state index contributed by atoms with van der Waals surface area (Å²) in [5.74, 6) is 2.07. The number of aryl methyl sites for hydroxylation is 1. The van der Waals surface area contributed by atoms with Gasteiger partial charge in [-0.05, 0) is 38.5 Å². The maximum atomic E-state index is 12.3. The Labute approximate surface area is 140 Å². The molecule has 7 nitrogen and oxygen atoms in total. The fraction of sp³-hybridized carbons (Fsp3) is 0.353. The Bertz CT molecular complexity index is 830. The minimum atomic E-state index is -0.148. The molecule has 1 N–H and O–H groups in total. The maximum Gasteiger partial charge on any atom is 0.247 e. The van der Waals surface area contributed by atoms with Gasteiger partial charge in [0.05, 0.1) is 12.2 Å². The van der Waals surface area contributed by atoms with E-state index in [1.165, 1.54) is 0 Å². The molecule has 1 atom stereocenters. The standard InChI is InChI=1S/C17H21N5O2/c1-4-12(2)22-16(7-9-18-22)19-17(23)11-21-10-8-14(20-21)15-6-5-13(3)24-15/h5-10,12H,4,11H2,1-3H3,(H,19,23). The molecule has 0 saturated heterocycles. The van der Waals surface area contributed by atoms with Crippen LogP contribution in [0.4, 0.5) is 5.82 Å². The summed E-state index contributed by atoms with van der Waals surface area (Å²) >= 11 is 0. The molecule has 0 fully saturated rings. The summed E-state index contributed by atoms with van der Waals surface area (Å²) in [6.45, 7) is 6.16. The second-order valence-corrected chi connectivity index (χ2v) is 5.78. The van der Waals surface area contributed by atoms with Gasteiger partial charge in [0.2, 0.25) is 5.91 Å². The normalized spacial score (nSPS) is 12.3. The van der Waals surface area contributed by atoms with Gasteiger partial charge in [-0.2, -0.15) is 10.2 Å². The molecule has 0 radical (unpaired) electrons. The Hall–Kier alpha value is -2.83. The van der Waals surface area contributed by atoms with Crippen LogP contribution in [-0.4, -0.2) is 25.5 Å². The number of amides is 1. The Morgan fingerprint density at radius 1 is 1.33 bits per heavy atom. The molecular weight excluding hydrogens is 306 g/mol. The Morgan fingerprint density at radius 2 is 2.17 bits per heavy atom. The number of carbonyl (C=O) groups is 1. The predicted octanol–water partition coefficient (Wildman–Crippen LogP) is 3.26. The smallest absolute Gasteiger partial charge is 0.247 e. The van der Waals surface area contributed by atoms with Crippen molar-refractivity contribution in [3.05, 3.63) is 42.4 Å². The van der Waals surface area contributed by atoms with Gasteiger partial charge in [0.1, 0.15) is 23.8 Å². The Balaban J connectivity index is 1.66. The van der Waals surface area contributed by atoms with Crippen molar-refractivity contribution < 1.29 is 9.21 Å². The van der Waals surface area contributed by atoms with E-state index in [1.54, 1.807) is 23.1 Å². The average Bonchev–Trinajstić information content (AvgIpc) is 3.27. The number of furan rings is 1. The first kappa shape index (κ1) is 16.0. The third kappa shape index (κ3) is 3.40. The van der Waals surface area contributed by atoms with Gasteiger partial charge < -0.3 is 9.73 Å². The summed E-state index contributed by atoms with van der Waals surface area (Å²) in [5, 5.41) is 11.5. The Kier molecular flexibility index (Phi) is 4.50. The first-order chi connectivity index (χ1) is 11.6. The lowest BCUT2D eigenvalue weighted by Crippen LogP contribution is -2.22. The molecular formula is C17H21N5O2. The van der Waals surface area contributed by atoms with Gasteiger partial charge in [-0.15, -0.1) is 0 Å². The summed E-state index contributed by atoms with van der Waals surface area (Å²) in [6, 6.07) is 7.61. The molecule has 1 amide bonds. The second kappa shape index (κ2) is 6.74. The van der Waals surface area contributed by atoms with Crippen LogP contribution in [-0.2, 0) is 11.3 Å². The Morgan fingerprint density at radius 3 is 2.88 bits per heavy atom. The third-order valence-electron chi connectivity index (χ3n) is 3.89. The van der Waals surface area contributed by atoms with Crippen LogP contribution < -0.4 is 5.32 Å².